The Bertz CT molecular complexity index is 967. The van der Waals surface area contributed by atoms with Crippen molar-refractivity contribution >= 4 is 37.5 Å². The topological polar surface area (TPSA) is 66.5 Å². The van der Waals surface area contributed by atoms with Crippen molar-refractivity contribution in [2.45, 2.75) is 43.0 Å². The lowest BCUT2D eigenvalue weighted by Gasteiger charge is -2.20. The minimum Gasteiger partial charge on any atom is -0.349 e. The zero-order valence-electron chi connectivity index (χ0n) is 14.8. The molecule has 1 heterocycles. The summed E-state index contributed by atoms with van der Waals surface area (Å²) in [6.07, 6.45) is 5.01. The minimum atomic E-state index is -3.61. The molecule has 4 rings (SSSR count). The summed E-state index contributed by atoms with van der Waals surface area (Å²) in [5.41, 5.74) is 2.16. The molecule has 1 amide bonds. The van der Waals surface area contributed by atoms with Crippen LogP contribution in [0, 0.1) is 0 Å². The molecule has 2 aromatic carbocycles. The highest BCUT2D eigenvalue weighted by molar-refractivity contribution is 9.10. The average Bonchev–Trinajstić information content (AvgIpc) is 3.31. The Morgan fingerprint density at radius 3 is 2.48 bits per heavy atom. The molecule has 1 aliphatic heterocycles. The van der Waals surface area contributed by atoms with E-state index in [0.717, 1.165) is 35.7 Å². The molecule has 0 radical (unpaired) electrons. The first-order chi connectivity index (χ1) is 12.9. The first kappa shape index (κ1) is 18.5. The molecule has 7 heteroatoms. The Morgan fingerprint density at radius 1 is 1.07 bits per heavy atom. The molecular formula is C20H21BrN2O3S. The van der Waals surface area contributed by atoms with E-state index >= 15 is 0 Å². The highest BCUT2D eigenvalue weighted by Crippen LogP contribution is 2.34. The van der Waals surface area contributed by atoms with Crippen LogP contribution in [0.15, 0.2) is 51.8 Å². The van der Waals surface area contributed by atoms with Gasteiger partial charge < -0.3 is 5.32 Å². The van der Waals surface area contributed by atoms with Gasteiger partial charge in [0.2, 0.25) is 0 Å². The van der Waals surface area contributed by atoms with E-state index < -0.39 is 10.0 Å². The maximum absolute atomic E-state index is 13.0. The highest BCUT2D eigenvalue weighted by Gasteiger charge is 2.31. The molecule has 1 aliphatic carbocycles. The summed E-state index contributed by atoms with van der Waals surface area (Å²) >= 11 is 3.33. The number of nitrogens with zero attached hydrogens (tertiary/aromatic N) is 1. The van der Waals surface area contributed by atoms with Gasteiger partial charge in [0.15, 0.2) is 0 Å². The standard InChI is InChI=1S/C20H21BrN2O3S/c21-16-6-8-18(9-7-16)27(25,26)23-12-11-14-13-15(5-10-19(14)23)20(24)22-17-3-1-2-4-17/h5-10,13,17H,1-4,11-12H2,(H,22,24). The predicted octanol–water partition coefficient (Wildman–Crippen LogP) is 3.87. The zero-order chi connectivity index (χ0) is 19.0. The first-order valence-electron chi connectivity index (χ1n) is 9.17. The number of anilines is 1. The number of fused-ring (bicyclic) bond motifs is 1. The lowest BCUT2D eigenvalue weighted by atomic mass is 10.1. The SMILES string of the molecule is O=C(NC1CCCC1)c1ccc2c(c1)CCN2S(=O)(=O)c1ccc(Br)cc1. The van der Waals surface area contributed by atoms with Crippen molar-refractivity contribution in [2.75, 3.05) is 10.8 Å². The van der Waals surface area contributed by atoms with Gasteiger partial charge >= 0.3 is 0 Å². The number of carbonyl (C=O) groups is 1. The summed E-state index contributed by atoms with van der Waals surface area (Å²) in [5.74, 6) is -0.0704. The van der Waals surface area contributed by atoms with E-state index in [0.29, 0.717) is 24.2 Å². The molecule has 2 aliphatic rings. The third-order valence-electron chi connectivity index (χ3n) is 5.29. The second-order valence-corrected chi connectivity index (χ2v) is 9.86. The zero-order valence-corrected chi connectivity index (χ0v) is 17.2. The number of hydrogen-bond acceptors (Lipinski definition) is 3. The highest BCUT2D eigenvalue weighted by atomic mass is 79.9. The third-order valence-corrected chi connectivity index (χ3v) is 7.64. The normalized spacial score (nSPS) is 17.1. The van der Waals surface area contributed by atoms with Crippen LogP contribution in [0.1, 0.15) is 41.6 Å². The summed E-state index contributed by atoms with van der Waals surface area (Å²) in [4.78, 5) is 12.8. The van der Waals surface area contributed by atoms with Crippen LogP contribution >= 0.6 is 15.9 Å². The number of amides is 1. The summed E-state index contributed by atoms with van der Waals surface area (Å²) in [7, 11) is -3.61. The number of benzene rings is 2. The van der Waals surface area contributed by atoms with Crippen LogP contribution in [-0.4, -0.2) is 26.9 Å². The van der Waals surface area contributed by atoms with Gasteiger partial charge in [0, 0.05) is 22.6 Å². The fraction of sp³-hybridized carbons (Fsp3) is 0.350. The van der Waals surface area contributed by atoms with Crippen LogP contribution in [0.3, 0.4) is 0 Å². The number of hydrogen-bond donors (Lipinski definition) is 1. The van der Waals surface area contributed by atoms with Crippen molar-refractivity contribution in [3.63, 3.8) is 0 Å². The van der Waals surface area contributed by atoms with Crippen LogP contribution in [0.25, 0.3) is 0 Å². The van der Waals surface area contributed by atoms with Crippen molar-refractivity contribution in [3.8, 4) is 0 Å². The molecule has 0 bridgehead atoms. The van der Waals surface area contributed by atoms with Crippen LogP contribution in [0.4, 0.5) is 5.69 Å². The monoisotopic (exact) mass is 448 g/mol. The molecule has 0 aromatic heterocycles. The van der Waals surface area contributed by atoms with E-state index in [2.05, 4.69) is 21.2 Å². The number of halogens is 1. The largest absolute Gasteiger partial charge is 0.349 e. The second-order valence-electron chi connectivity index (χ2n) is 7.08. The predicted molar refractivity (Wildman–Crippen MR) is 109 cm³/mol. The van der Waals surface area contributed by atoms with Crippen LogP contribution in [0.2, 0.25) is 0 Å². The van der Waals surface area contributed by atoms with Gasteiger partial charge in [-0.05, 0) is 67.3 Å². The van der Waals surface area contributed by atoms with Crippen LogP contribution < -0.4 is 9.62 Å². The van der Waals surface area contributed by atoms with Crippen molar-refractivity contribution in [1.82, 2.24) is 5.32 Å². The summed E-state index contributed by atoms with van der Waals surface area (Å²) < 4.78 is 28.2. The number of sulfonamides is 1. The fourth-order valence-corrected chi connectivity index (χ4v) is 5.60. The maximum atomic E-state index is 13.0. The molecule has 0 saturated heterocycles. The van der Waals surface area contributed by atoms with Gasteiger partial charge in [-0.2, -0.15) is 0 Å². The van der Waals surface area contributed by atoms with Crippen molar-refractivity contribution in [3.05, 3.63) is 58.1 Å². The van der Waals surface area contributed by atoms with E-state index in [1.165, 1.54) is 4.31 Å². The molecule has 142 valence electrons. The first-order valence-corrected chi connectivity index (χ1v) is 11.4. The van der Waals surface area contributed by atoms with E-state index in [1.807, 2.05) is 6.07 Å². The summed E-state index contributed by atoms with van der Waals surface area (Å²) in [5, 5.41) is 3.08. The minimum absolute atomic E-state index is 0.0704. The summed E-state index contributed by atoms with van der Waals surface area (Å²) in [6.45, 7) is 0.390. The average molecular weight is 449 g/mol. The van der Waals surface area contributed by atoms with Crippen LogP contribution in [-0.2, 0) is 16.4 Å². The van der Waals surface area contributed by atoms with E-state index in [9.17, 15) is 13.2 Å². The van der Waals surface area contributed by atoms with Gasteiger partial charge in [-0.15, -0.1) is 0 Å². The molecule has 1 fully saturated rings. The molecule has 27 heavy (non-hydrogen) atoms. The van der Waals surface area contributed by atoms with Gasteiger partial charge in [0.25, 0.3) is 15.9 Å². The second kappa shape index (κ2) is 7.28. The molecule has 0 spiro atoms. The van der Waals surface area contributed by atoms with Gasteiger partial charge in [-0.1, -0.05) is 28.8 Å². The van der Waals surface area contributed by atoms with E-state index in [-0.39, 0.29) is 16.8 Å². The Balaban J connectivity index is 1.57. The lowest BCUT2D eigenvalue weighted by Crippen LogP contribution is -2.32. The van der Waals surface area contributed by atoms with Crippen LogP contribution in [0.5, 0.6) is 0 Å². The van der Waals surface area contributed by atoms with E-state index in [1.54, 1.807) is 36.4 Å². The Labute approximate surface area is 167 Å². The van der Waals surface area contributed by atoms with Gasteiger partial charge in [0.05, 0.1) is 10.6 Å². The maximum Gasteiger partial charge on any atom is 0.264 e. The smallest absolute Gasteiger partial charge is 0.264 e. The molecule has 2 aromatic rings. The number of carbonyl (C=O) groups excluding carboxylic acids is 1. The molecular weight excluding hydrogens is 428 g/mol. The van der Waals surface area contributed by atoms with Gasteiger partial charge in [-0.3, -0.25) is 9.10 Å². The molecule has 5 nitrogen and oxygen atoms in total. The Morgan fingerprint density at radius 2 is 1.78 bits per heavy atom. The third kappa shape index (κ3) is 3.62. The fourth-order valence-electron chi connectivity index (χ4n) is 3.84. The molecule has 1 N–H and O–H groups in total. The van der Waals surface area contributed by atoms with E-state index in [4.69, 9.17) is 0 Å². The quantitative estimate of drug-likeness (QED) is 0.771. The Kier molecular flexibility index (Phi) is 4.99. The molecule has 0 unspecified atom stereocenters. The number of nitrogens with one attached hydrogen (secondary N) is 1. The summed E-state index contributed by atoms with van der Waals surface area (Å²) in [6, 6.07) is 12.2. The molecule has 1 saturated carbocycles. The number of rotatable bonds is 4. The van der Waals surface area contributed by atoms with Crippen molar-refractivity contribution in [2.24, 2.45) is 0 Å². The Hall–Kier alpha value is -1.86. The van der Waals surface area contributed by atoms with Crippen molar-refractivity contribution < 1.29 is 13.2 Å². The van der Waals surface area contributed by atoms with Gasteiger partial charge in [0.1, 0.15) is 0 Å². The lowest BCUT2D eigenvalue weighted by molar-refractivity contribution is 0.0938. The van der Waals surface area contributed by atoms with Crippen molar-refractivity contribution in [1.29, 1.82) is 0 Å². The molecule has 0 atom stereocenters. The van der Waals surface area contributed by atoms with Gasteiger partial charge in [-0.25, -0.2) is 8.42 Å².